The molecule has 3 heteroatoms. The Balaban J connectivity index is 0.00000169. The Bertz CT molecular complexity index is 226. The zero-order valence-corrected chi connectivity index (χ0v) is 11.5. The topological polar surface area (TPSA) is 13.1 Å². The molecule has 14 heavy (non-hydrogen) atoms. The second-order valence-electron chi connectivity index (χ2n) is 4.55. The van der Waals surface area contributed by atoms with Gasteiger partial charge < -0.3 is 32.9 Å². The fourth-order valence-corrected chi connectivity index (χ4v) is 1.34. The molecule has 0 unspecified atom stereocenters. The Kier molecular flexibility index (Phi) is 6.44. The van der Waals surface area contributed by atoms with E-state index in [2.05, 4.69) is 21.1 Å². The smallest absolute Gasteiger partial charge is 0.103 e. The summed E-state index contributed by atoms with van der Waals surface area (Å²) in [5.74, 6) is 1.11. The fraction of sp³-hybridized carbons (Fsp3) is 0.636. The van der Waals surface area contributed by atoms with Gasteiger partial charge in [0.15, 0.2) is 0 Å². The lowest BCUT2D eigenvalue weighted by molar-refractivity contribution is -0.870. The van der Waals surface area contributed by atoms with Gasteiger partial charge in [0.05, 0.1) is 34.0 Å². The van der Waals surface area contributed by atoms with E-state index < -0.39 is 0 Å². The van der Waals surface area contributed by atoms with Gasteiger partial charge >= 0.3 is 0 Å². The molecule has 1 rings (SSSR count). The summed E-state index contributed by atoms with van der Waals surface area (Å²) in [6.45, 7) is 1.24. The highest BCUT2D eigenvalue weighted by Crippen LogP contribution is 2.06. The molecule has 0 spiro atoms. The van der Waals surface area contributed by atoms with E-state index in [4.69, 9.17) is 4.42 Å². The third-order valence-corrected chi connectivity index (χ3v) is 2.08. The van der Waals surface area contributed by atoms with Gasteiger partial charge in [0, 0.05) is 6.42 Å². The van der Waals surface area contributed by atoms with Gasteiger partial charge in [-0.05, 0) is 25.0 Å². The molecule has 2 nitrogen and oxygen atoms in total. The van der Waals surface area contributed by atoms with Gasteiger partial charge in [0.1, 0.15) is 5.76 Å². The SMILES string of the molecule is C[N+](C)(C)CCCCc1ccco1.[I-]. The van der Waals surface area contributed by atoms with Crippen molar-refractivity contribution in [2.75, 3.05) is 27.7 Å². The monoisotopic (exact) mass is 309 g/mol. The molecule has 0 aliphatic rings. The van der Waals surface area contributed by atoms with Crippen molar-refractivity contribution in [2.45, 2.75) is 19.3 Å². The summed E-state index contributed by atoms with van der Waals surface area (Å²) in [5.41, 5.74) is 0. The molecule has 0 N–H and O–H groups in total. The molecule has 0 aromatic carbocycles. The number of rotatable bonds is 5. The molecule has 0 aliphatic carbocycles. The Labute approximate surface area is 104 Å². The second-order valence-corrected chi connectivity index (χ2v) is 4.55. The lowest BCUT2D eigenvalue weighted by Crippen LogP contribution is -3.00. The highest BCUT2D eigenvalue weighted by atomic mass is 127. The van der Waals surface area contributed by atoms with Crippen molar-refractivity contribution in [3.63, 3.8) is 0 Å². The molecule has 0 saturated heterocycles. The van der Waals surface area contributed by atoms with Crippen LogP contribution in [-0.2, 0) is 6.42 Å². The largest absolute Gasteiger partial charge is 1.00 e. The standard InChI is InChI=1S/C11H20NO.HI/c1-12(2,3)9-5-4-7-11-8-6-10-13-11;/h6,8,10H,4-5,7,9H2,1-3H3;1H/q+1;/p-1. The number of aryl methyl sites for hydroxylation is 1. The molecule has 0 bridgehead atoms. The molecule has 0 fully saturated rings. The van der Waals surface area contributed by atoms with Gasteiger partial charge in [-0.25, -0.2) is 0 Å². The average Bonchev–Trinajstić information content (AvgIpc) is 2.48. The third-order valence-electron chi connectivity index (χ3n) is 2.08. The van der Waals surface area contributed by atoms with Crippen molar-refractivity contribution in [2.24, 2.45) is 0 Å². The number of nitrogens with zero attached hydrogens (tertiary/aromatic N) is 1. The summed E-state index contributed by atoms with van der Waals surface area (Å²) in [6, 6.07) is 4.00. The maximum absolute atomic E-state index is 5.26. The Hall–Kier alpha value is -0.0300. The van der Waals surface area contributed by atoms with Crippen LogP contribution in [-0.4, -0.2) is 32.2 Å². The molecule has 0 radical (unpaired) electrons. The number of hydrogen-bond acceptors (Lipinski definition) is 1. The van der Waals surface area contributed by atoms with Crippen LogP contribution in [0.1, 0.15) is 18.6 Å². The molecule has 0 atom stereocenters. The van der Waals surface area contributed by atoms with E-state index >= 15 is 0 Å². The van der Waals surface area contributed by atoms with E-state index in [0.717, 1.165) is 16.7 Å². The number of quaternary nitrogens is 1. The summed E-state index contributed by atoms with van der Waals surface area (Å²) >= 11 is 0. The van der Waals surface area contributed by atoms with Crippen molar-refractivity contribution in [1.82, 2.24) is 0 Å². The maximum atomic E-state index is 5.26. The normalized spacial score (nSPS) is 11.1. The first-order chi connectivity index (χ1) is 6.08. The minimum Gasteiger partial charge on any atom is -1.00 e. The van der Waals surface area contributed by atoms with Crippen LogP contribution >= 0.6 is 0 Å². The van der Waals surface area contributed by atoms with E-state index in [-0.39, 0.29) is 24.0 Å². The van der Waals surface area contributed by atoms with Crippen LogP contribution in [0.3, 0.4) is 0 Å². The molecule has 0 saturated carbocycles. The molecule has 82 valence electrons. The number of furan rings is 1. The third kappa shape index (κ3) is 6.43. The van der Waals surface area contributed by atoms with E-state index in [1.807, 2.05) is 12.1 Å². The van der Waals surface area contributed by atoms with Crippen LogP contribution in [0.2, 0.25) is 0 Å². The molecular weight excluding hydrogens is 289 g/mol. The molecular formula is C11H20INO. The lowest BCUT2D eigenvalue weighted by atomic mass is 10.2. The van der Waals surface area contributed by atoms with Gasteiger partial charge in [-0.2, -0.15) is 0 Å². The number of unbranched alkanes of at least 4 members (excludes halogenated alkanes) is 1. The molecule has 1 aromatic rings. The van der Waals surface area contributed by atoms with E-state index in [1.54, 1.807) is 6.26 Å². The quantitative estimate of drug-likeness (QED) is 0.399. The van der Waals surface area contributed by atoms with Gasteiger partial charge in [-0.3, -0.25) is 0 Å². The predicted molar refractivity (Wildman–Crippen MR) is 54.5 cm³/mol. The van der Waals surface area contributed by atoms with Crippen molar-refractivity contribution < 1.29 is 32.9 Å². The first-order valence-corrected chi connectivity index (χ1v) is 4.91. The molecule has 0 amide bonds. The summed E-state index contributed by atoms with van der Waals surface area (Å²) < 4.78 is 6.31. The van der Waals surface area contributed by atoms with Gasteiger partial charge in [0.25, 0.3) is 0 Å². The summed E-state index contributed by atoms with van der Waals surface area (Å²) in [4.78, 5) is 0. The van der Waals surface area contributed by atoms with Gasteiger partial charge in [-0.15, -0.1) is 0 Å². The Morgan fingerprint density at radius 1 is 1.21 bits per heavy atom. The minimum absolute atomic E-state index is 0. The Morgan fingerprint density at radius 3 is 2.43 bits per heavy atom. The molecule has 1 aromatic heterocycles. The summed E-state index contributed by atoms with van der Waals surface area (Å²) in [7, 11) is 6.69. The van der Waals surface area contributed by atoms with Crippen LogP contribution in [0.15, 0.2) is 22.8 Å². The lowest BCUT2D eigenvalue weighted by Gasteiger charge is -2.23. The highest BCUT2D eigenvalue weighted by Gasteiger charge is 2.05. The van der Waals surface area contributed by atoms with Crippen LogP contribution in [0.5, 0.6) is 0 Å². The summed E-state index contributed by atoms with van der Waals surface area (Å²) in [6.07, 6.45) is 5.31. The van der Waals surface area contributed by atoms with Crippen LogP contribution in [0.4, 0.5) is 0 Å². The van der Waals surface area contributed by atoms with E-state index in [9.17, 15) is 0 Å². The van der Waals surface area contributed by atoms with E-state index in [0.29, 0.717) is 0 Å². The van der Waals surface area contributed by atoms with Crippen molar-refractivity contribution in [3.05, 3.63) is 24.2 Å². The number of halogens is 1. The van der Waals surface area contributed by atoms with Crippen LogP contribution < -0.4 is 24.0 Å². The molecule has 0 aliphatic heterocycles. The first-order valence-electron chi connectivity index (χ1n) is 4.91. The minimum atomic E-state index is 0. The van der Waals surface area contributed by atoms with Crippen LogP contribution in [0, 0.1) is 0 Å². The van der Waals surface area contributed by atoms with Crippen molar-refractivity contribution >= 4 is 0 Å². The van der Waals surface area contributed by atoms with Crippen molar-refractivity contribution in [1.29, 1.82) is 0 Å². The second kappa shape index (κ2) is 6.45. The van der Waals surface area contributed by atoms with Gasteiger partial charge in [0.2, 0.25) is 0 Å². The average molecular weight is 309 g/mol. The maximum Gasteiger partial charge on any atom is 0.103 e. The number of hydrogen-bond donors (Lipinski definition) is 0. The fourth-order valence-electron chi connectivity index (χ4n) is 1.34. The summed E-state index contributed by atoms with van der Waals surface area (Å²) in [5, 5.41) is 0. The van der Waals surface area contributed by atoms with E-state index in [1.165, 1.54) is 19.4 Å². The Morgan fingerprint density at radius 2 is 1.93 bits per heavy atom. The zero-order valence-electron chi connectivity index (χ0n) is 9.29. The van der Waals surface area contributed by atoms with Gasteiger partial charge in [-0.1, -0.05) is 0 Å². The first kappa shape index (κ1) is 14.0. The highest BCUT2D eigenvalue weighted by molar-refractivity contribution is 4.97. The predicted octanol–water partition coefficient (Wildman–Crippen LogP) is -0.687. The van der Waals surface area contributed by atoms with Crippen LogP contribution in [0.25, 0.3) is 0 Å². The molecule has 1 heterocycles. The van der Waals surface area contributed by atoms with Crippen molar-refractivity contribution in [3.8, 4) is 0 Å². The zero-order chi connectivity index (χ0) is 9.73.